The van der Waals surface area contributed by atoms with Crippen LogP contribution in [0.4, 0.5) is 26.3 Å². The highest BCUT2D eigenvalue weighted by Gasteiger charge is 2.34. The molecule has 1 unspecified atom stereocenters. The van der Waals surface area contributed by atoms with E-state index in [9.17, 15) is 31.4 Å². The standard InChI is InChI=1S/C11H10F6O3/c1-2-8(18)7-5-6(19-10(12,13)14)3-4-9(7)20-11(15,16)17/h3-5,8,18H,2H2,1H3. The number of aliphatic hydroxyl groups excluding tert-OH is 1. The van der Waals surface area contributed by atoms with E-state index in [0.29, 0.717) is 18.2 Å². The Labute approximate surface area is 109 Å². The Hall–Kier alpha value is -1.64. The summed E-state index contributed by atoms with van der Waals surface area (Å²) in [5, 5.41) is 9.55. The summed E-state index contributed by atoms with van der Waals surface area (Å²) in [6, 6.07) is 1.98. The predicted molar refractivity (Wildman–Crippen MR) is 55.1 cm³/mol. The van der Waals surface area contributed by atoms with Crippen LogP contribution in [0.1, 0.15) is 25.0 Å². The molecule has 9 heteroatoms. The molecule has 0 aliphatic carbocycles. The first kappa shape index (κ1) is 16.4. The third-order valence-corrected chi connectivity index (χ3v) is 2.19. The molecule has 3 nitrogen and oxygen atoms in total. The molecule has 1 rings (SSSR count). The highest BCUT2D eigenvalue weighted by molar-refractivity contribution is 5.41. The molecular weight excluding hydrogens is 294 g/mol. The summed E-state index contributed by atoms with van der Waals surface area (Å²) in [6.45, 7) is 1.44. The van der Waals surface area contributed by atoms with Gasteiger partial charge in [-0.3, -0.25) is 0 Å². The van der Waals surface area contributed by atoms with Crippen LogP contribution in [-0.4, -0.2) is 17.8 Å². The minimum atomic E-state index is -5.02. The van der Waals surface area contributed by atoms with E-state index in [0.717, 1.165) is 0 Å². The maximum Gasteiger partial charge on any atom is 0.573 e. The molecule has 0 bridgehead atoms. The number of ether oxygens (including phenoxy) is 2. The summed E-state index contributed by atoms with van der Waals surface area (Å²) < 4.78 is 79.7. The molecule has 0 fully saturated rings. The van der Waals surface area contributed by atoms with E-state index in [1.165, 1.54) is 6.92 Å². The third kappa shape index (κ3) is 5.16. The molecule has 0 aliphatic rings. The first-order valence-corrected chi connectivity index (χ1v) is 5.35. The van der Waals surface area contributed by atoms with Gasteiger partial charge in [0.2, 0.25) is 0 Å². The van der Waals surface area contributed by atoms with Crippen LogP contribution in [0.3, 0.4) is 0 Å². The van der Waals surface area contributed by atoms with Crippen molar-refractivity contribution in [3.05, 3.63) is 23.8 Å². The number of benzene rings is 1. The number of alkyl halides is 6. The molecule has 1 N–H and O–H groups in total. The molecule has 0 saturated carbocycles. The average Bonchev–Trinajstić information content (AvgIpc) is 2.26. The van der Waals surface area contributed by atoms with E-state index in [1.54, 1.807) is 0 Å². The van der Waals surface area contributed by atoms with Gasteiger partial charge in [-0.1, -0.05) is 6.92 Å². The van der Waals surface area contributed by atoms with Gasteiger partial charge in [0, 0.05) is 5.56 Å². The first-order chi connectivity index (χ1) is 9.02. The van der Waals surface area contributed by atoms with Gasteiger partial charge in [-0.2, -0.15) is 0 Å². The molecule has 20 heavy (non-hydrogen) atoms. The van der Waals surface area contributed by atoms with Gasteiger partial charge < -0.3 is 14.6 Å². The Bertz CT molecular complexity index is 454. The van der Waals surface area contributed by atoms with E-state index >= 15 is 0 Å². The quantitative estimate of drug-likeness (QED) is 0.857. The summed E-state index contributed by atoms with van der Waals surface area (Å²) in [5.41, 5.74) is -0.438. The van der Waals surface area contributed by atoms with Crippen molar-refractivity contribution in [3.8, 4) is 11.5 Å². The molecule has 0 radical (unpaired) electrons. The van der Waals surface area contributed by atoms with Crippen molar-refractivity contribution in [1.29, 1.82) is 0 Å². The SMILES string of the molecule is CCC(O)c1cc(OC(F)(F)F)ccc1OC(F)(F)F. The van der Waals surface area contributed by atoms with Crippen LogP contribution >= 0.6 is 0 Å². The number of halogens is 6. The fourth-order valence-corrected chi connectivity index (χ4v) is 1.42. The molecule has 1 aromatic rings. The monoisotopic (exact) mass is 304 g/mol. The lowest BCUT2D eigenvalue weighted by molar-refractivity contribution is -0.277. The molecule has 0 heterocycles. The molecule has 0 amide bonds. The molecule has 1 atom stereocenters. The van der Waals surface area contributed by atoms with Gasteiger partial charge in [0.1, 0.15) is 11.5 Å². The lowest BCUT2D eigenvalue weighted by Crippen LogP contribution is -2.20. The van der Waals surface area contributed by atoms with Gasteiger partial charge in [-0.25, -0.2) is 0 Å². The van der Waals surface area contributed by atoms with E-state index in [4.69, 9.17) is 0 Å². The second-order valence-corrected chi connectivity index (χ2v) is 3.72. The Morgan fingerprint density at radius 2 is 1.60 bits per heavy atom. The Balaban J connectivity index is 3.13. The number of rotatable bonds is 4. The minimum Gasteiger partial charge on any atom is -0.406 e. The van der Waals surface area contributed by atoms with Crippen molar-refractivity contribution in [3.63, 3.8) is 0 Å². The molecule has 0 aromatic heterocycles. The van der Waals surface area contributed by atoms with Crippen LogP contribution in [0.25, 0.3) is 0 Å². The zero-order valence-electron chi connectivity index (χ0n) is 10.0. The first-order valence-electron chi connectivity index (χ1n) is 5.35. The lowest BCUT2D eigenvalue weighted by Gasteiger charge is -2.18. The number of hydrogen-bond acceptors (Lipinski definition) is 3. The second-order valence-electron chi connectivity index (χ2n) is 3.72. The largest absolute Gasteiger partial charge is 0.573 e. The van der Waals surface area contributed by atoms with E-state index in [-0.39, 0.29) is 6.42 Å². The minimum absolute atomic E-state index is 0.0102. The average molecular weight is 304 g/mol. The van der Waals surface area contributed by atoms with Crippen LogP contribution in [-0.2, 0) is 0 Å². The summed E-state index contributed by atoms with van der Waals surface area (Å²) in [7, 11) is 0. The fraction of sp³-hybridized carbons (Fsp3) is 0.455. The summed E-state index contributed by atoms with van der Waals surface area (Å²) >= 11 is 0. The topological polar surface area (TPSA) is 38.7 Å². The Morgan fingerprint density at radius 3 is 2.05 bits per heavy atom. The molecule has 0 spiro atoms. The fourth-order valence-electron chi connectivity index (χ4n) is 1.42. The Kier molecular flexibility index (Phi) is 4.74. The van der Waals surface area contributed by atoms with E-state index in [2.05, 4.69) is 9.47 Å². The zero-order chi connectivity index (χ0) is 15.6. The smallest absolute Gasteiger partial charge is 0.406 e. The predicted octanol–water partition coefficient (Wildman–Crippen LogP) is 3.93. The van der Waals surface area contributed by atoms with Crippen LogP contribution < -0.4 is 9.47 Å². The molecule has 0 aliphatic heterocycles. The van der Waals surface area contributed by atoms with Gasteiger partial charge >= 0.3 is 12.7 Å². The van der Waals surface area contributed by atoms with Crippen LogP contribution in [0.2, 0.25) is 0 Å². The van der Waals surface area contributed by atoms with Gasteiger partial charge in [0.25, 0.3) is 0 Å². The summed E-state index contributed by atoms with van der Waals surface area (Å²) in [4.78, 5) is 0. The molecular formula is C11H10F6O3. The zero-order valence-corrected chi connectivity index (χ0v) is 10.0. The van der Waals surface area contributed by atoms with Crippen molar-refractivity contribution >= 4 is 0 Å². The number of hydrogen-bond donors (Lipinski definition) is 1. The summed E-state index contributed by atoms with van der Waals surface area (Å²) in [5.74, 6) is -1.52. The van der Waals surface area contributed by atoms with Gasteiger partial charge in [0.15, 0.2) is 0 Å². The van der Waals surface area contributed by atoms with Crippen molar-refractivity contribution in [2.75, 3.05) is 0 Å². The van der Waals surface area contributed by atoms with Crippen molar-refractivity contribution in [2.24, 2.45) is 0 Å². The van der Waals surface area contributed by atoms with Crippen molar-refractivity contribution < 1.29 is 40.9 Å². The van der Waals surface area contributed by atoms with Crippen LogP contribution in [0, 0.1) is 0 Å². The van der Waals surface area contributed by atoms with Gasteiger partial charge in [-0.15, -0.1) is 26.3 Å². The highest BCUT2D eigenvalue weighted by atomic mass is 19.4. The molecule has 0 saturated heterocycles. The van der Waals surface area contributed by atoms with Crippen LogP contribution in [0.5, 0.6) is 11.5 Å². The lowest BCUT2D eigenvalue weighted by atomic mass is 10.1. The second kappa shape index (κ2) is 5.78. The maximum atomic E-state index is 12.1. The molecule has 1 aromatic carbocycles. The third-order valence-electron chi connectivity index (χ3n) is 2.19. The normalized spacial score (nSPS) is 14.0. The van der Waals surface area contributed by atoms with Crippen LogP contribution in [0.15, 0.2) is 18.2 Å². The van der Waals surface area contributed by atoms with Crippen molar-refractivity contribution in [1.82, 2.24) is 0 Å². The Morgan fingerprint density at radius 1 is 1.05 bits per heavy atom. The highest BCUT2D eigenvalue weighted by Crippen LogP contribution is 2.35. The summed E-state index contributed by atoms with van der Waals surface area (Å²) in [6.07, 6.45) is -11.4. The van der Waals surface area contributed by atoms with Crippen molar-refractivity contribution in [2.45, 2.75) is 32.2 Å². The molecule has 114 valence electrons. The van der Waals surface area contributed by atoms with E-state index < -0.39 is 35.9 Å². The number of aliphatic hydroxyl groups is 1. The van der Waals surface area contributed by atoms with E-state index in [1.807, 2.05) is 0 Å². The van der Waals surface area contributed by atoms with Gasteiger partial charge in [0.05, 0.1) is 6.10 Å². The maximum absolute atomic E-state index is 12.1. The van der Waals surface area contributed by atoms with Gasteiger partial charge in [-0.05, 0) is 24.6 Å².